The Hall–Kier alpha value is -2.34. The Labute approximate surface area is 148 Å². The van der Waals surface area contributed by atoms with Crippen LogP contribution in [0, 0.1) is 11.8 Å². The molecular weight excluding hydrogens is 316 g/mol. The Morgan fingerprint density at radius 3 is 2.52 bits per heavy atom. The quantitative estimate of drug-likeness (QED) is 0.720. The van der Waals surface area contributed by atoms with E-state index in [1.807, 2.05) is 38.1 Å². The van der Waals surface area contributed by atoms with Gasteiger partial charge < -0.3 is 20.9 Å². The van der Waals surface area contributed by atoms with Crippen LogP contribution in [0.3, 0.4) is 0 Å². The summed E-state index contributed by atoms with van der Waals surface area (Å²) < 4.78 is 2.21. The zero-order valence-corrected chi connectivity index (χ0v) is 15.4. The van der Waals surface area contributed by atoms with Crippen LogP contribution >= 0.6 is 0 Å². The standard InChI is InChI=1S/C19H28N4O2/c1-12(2)11-23-8-7-14-9-15(5-6-16(14)23)22-17(24)10-21-19(25)18(20)13(3)4/h5-9,12-13,18H,10-11,20H2,1-4H3,(H,21,25)(H,22,24)/t18-/m0/s1. The van der Waals surface area contributed by atoms with Gasteiger partial charge in [-0.2, -0.15) is 0 Å². The van der Waals surface area contributed by atoms with Gasteiger partial charge in [0.2, 0.25) is 11.8 Å². The van der Waals surface area contributed by atoms with Crippen LogP contribution in [0.15, 0.2) is 30.5 Å². The van der Waals surface area contributed by atoms with Crippen LogP contribution in [-0.2, 0) is 16.1 Å². The van der Waals surface area contributed by atoms with Gasteiger partial charge in [0.15, 0.2) is 0 Å². The van der Waals surface area contributed by atoms with Gasteiger partial charge in [0.1, 0.15) is 0 Å². The number of benzene rings is 1. The van der Waals surface area contributed by atoms with E-state index in [2.05, 4.69) is 35.2 Å². The molecule has 0 bridgehead atoms. The number of carbonyl (C=O) groups is 2. The number of nitrogens with two attached hydrogens (primary N) is 1. The van der Waals surface area contributed by atoms with Crippen molar-refractivity contribution in [3.8, 4) is 0 Å². The Balaban J connectivity index is 1.96. The minimum absolute atomic E-state index is 0.0281. The lowest BCUT2D eigenvalue weighted by atomic mass is 10.1. The fourth-order valence-electron chi connectivity index (χ4n) is 2.62. The third-order valence-electron chi connectivity index (χ3n) is 4.06. The van der Waals surface area contributed by atoms with E-state index < -0.39 is 6.04 Å². The smallest absolute Gasteiger partial charge is 0.243 e. The second-order valence-corrected chi connectivity index (χ2v) is 7.17. The third-order valence-corrected chi connectivity index (χ3v) is 4.06. The lowest BCUT2D eigenvalue weighted by molar-refractivity contribution is -0.125. The summed E-state index contributed by atoms with van der Waals surface area (Å²) in [6.07, 6.45) is 2.06. The summed E-state index contributed by atoms with van der Waals surface area (Å²) in [5.74, 6) is 0.00720. The fourth-order valence-corrected chi connectivity index (χ4v) is 2.62. The van der Waals surface area contributed by atoms with E-state index >= 15 is 0 Å². The molecule has 6 nitrogen and oxygen atoms in total. The van der Waals surface area contributed by atoms with Crippen molar-refractivity contribution in [3.63, 3.8) is 0 Å². The monoisotopic (exact) mass is 344 g/mol. The molecule has 2 amide bonds. The van der Waals surface area contributed by atoms with Gasteiger partial charge in [-0.1, -0.05) is 27.7 Å². The van der Waals surface area contributed by atoms with Crippen molar-refractivity contribution in [1.29, 1.82) is 0 Å². The summed E-state index contributed by atoms with van der Waals surface area (Å²) in [4.78, 5) is 23.8. The highest BCUT2D eigenvalue weighted by Crippen LogP contribution is 2.21. The van der Waals surface area contributed by atoms with Crippen molar-refractivity contribution in [2.45, 2.75) is 40.3 Å². The summed E-state index contributed by atoms with van der Waals surface area (Å²) in [7, 11) is 0. The molecule has 25 heavy (non-hydrogen) atoms. The maximum Gasteiger partial charge on any atom is 0.243 e. The molecule has 0 unspecified atom stereocenters. The lowest BCUT2D eigenvalue weighted by Gasteiger charge is -2.15. The van der Waals surface area contributed by atoms with Crippen LogP contribution in [0.1, 0.15) is 27.7 Å². The van der Waals surface area contributed by atoms with Crippen molar-refractivity contribution < 1.29 is 9.59 Å². The highest BCUT2D eigenvalue weighted by molar-refractivity contribution is 5.97. The van der Waals surface area contributed by atoms with E-state index in [0.717, 1.165) is 17.4 Å². The molecule has 6 heteroatoms. The second-order valence-electron chi connectivity index (χ2n) is 7.17. The van der Waals surface area contributed by atoms with E-state index in [-0.39, 0.29) is 24.3 Å². The highest BCUT2D eigenvalue weighted by Gasteiger charge is 2.17. The van der Waals surface area contributed by atoms with E-state index in [9.17, 15) is 9.59 Å². The highest BCUT2D eigenvalue weighted by atomic mass is 16.2. The van der Waals surface area contributed by atoms with E-state index in [4.69, 9.17) is 5.73 Å². The number of amides is 2. The third kappa shape index (κ3) is 5.06. The first-order valence-electron chi connectivity index (χ1n) is 8.70. The molecule has 136 valence electrons. The molecule has 1 aromatic carbocycles. The van der Waals surface area contributed by atoms with Gasteiger partial charge in [-0.25, -0.2) is 0 Å². The van der Waals surface area contributed by atoms with Crippen LogP contribution in [0.25, 0.3) is 10.9 Å². The van der Waals surface area contributed by atoms with Crippen LogP contribution in [-0.4, -0.2) is 29.0 Å². The van der Waals surface area contributed by atoms with Gasteiger partial charge in [0, 0.05) is 29.3 Å². The van der Waals surface area contributed by atoms with Gasteiger partial charge >= 0.3 is 0 Å². The summed E-state index contributed by atoms with van der Waals surface area (Å²) in [6.45, 7) is 8.96. The molecule has 0 aliphatic heterocycles. The van der Waals surface area contributed by atoms with E-state index in [1.54, 1.807) is 0 Å². The molecule has 0 radical (unpaired) electrons. The van der Waals surface area contributed by atoms with E-state index in [1.165, 1.54) is 0 Å². The first-order valence-corrected chi connectivity index (χ1v) is 8.70. The largest absolute Gasteiger partial charge is 0.347 e. The number of anilines is 1. The molecule has 1 atom stereocenters. The second kappa shape index (κ2) is 8.16. The van der Waals surface area contributed by atoms with Crippen molar-refractivity contribution >= 4 is 28.4 Å². The van der Waals surface area contributed by atoms with Gasteiger partial charge in [0.05, 0.1) is 12.6 Å². The van der Waals surface area contributed by atoms with Crippen LogP contribution in [0.5, 0.6) is 0 Å². The molecule has 0 fully saturated rings. The maximum atomic E-state index is 12.0. The molecule has 0 saturated carbocycles. The number of hydrogen-bond acceptors (Lipinski definition) is 3. The maximum absolute atomic E-state index is 12.0. The van der Waals surface area contributed by atoms with Gasteiger partial charge in [-0.3, -0.25) is 9.59 Å². The molecule has 0 aliphatic carbocycles. The first kappa shape index (κ1) is 19.0. The average molecular weight is 344 g/mol. The SMILES string of the molecule is CC(C)Cn1ccc2cc(NC(=O)CNC(=O)[C@@H](N)C(C)C)ccc21. The minimum atomic E-state index is -0.607. The minimum Gasteiger partial charge on any atom is -0.347 e. The van der Waals surface area contributed by atoms with Crippen LogP contribution < -0.4 is 16.4 Å². The lowest BCUT2D eigenvalue weighted by Crippen LogP contribution is -2.46. The summed E-state index contributed by atoms with van der Waals surface area (Å²) >= 11 is 0. The normalized spacial score (nSPS) is 12.6. The van der Waals surface area contributed by atoms with Gasteiger partial charge in [-0.05, 0) is 36.1 Å². The molecule has 2 rings (SSSR count). The number of carbonyl (C=O) groups excluding carboxylic acids is 2. The first-order chi connectivity index (χ1) is 11.8. The molecular formula is C19H28N4O2. The number of aromatic nitrogens is 1. The van der Waals surface area contributed by atoms with Gasteiger partial charge in [0.25, 0.3) is 0 Å². The number of hydrogen-bond donors (Lipinski definition) is 3. The zero-order chi connectivity index (χ0) is 18.6. The van der Waals surface area contributed by atoms with Crippen LogP contribution in [0.2, 0.25) is 0 Å². The zero-order valence-electron chi connectivity index (χ0n) is 15.4. The van der Waals surface area contributed by atoms with Crippen molar-refractivity contribution in [1.82, 2.24) is 9.88 Å². The molecule has 0 spiro atoms. The Kier molecular flexibility index (Phi) is 6.20. The van der Waals surface area contributed by atoms with Crippen LogP contribution in [0.4, 0.5) is 5.69 Å². The van der Waals surface area contributed by atoms with Crippen molar-refractivity contribution in [2.24, 2.45) is 17.6 Å². The Morgan fingerprint density at radius 2 is 1.88 bits per heavy atom. The molecule has 1 heterocycles. The predicted octanol–water partition coefficient (Wildman–Crippen LogP) is 2.34. The summed E-state index contributed by atoms with van der Waals surface area (Å²) in [5.41, 5.74) is 7.60. The molecule has 0 aliphatic rings. The van der Waals surface area contributed by atoms with Crippen molar-refractivity contribution in [3.05, 3.63) is 30.5 Å². The number of rotatable bonds is 7. The Morgan fingerprint density at radius 1 is 1.16 bits per heavy atom. The molecule has 0 saturated heterocycles. The van der Waals surface area contributed by atoms with Gasteiger partial charge in [-0.15, -0.1) is 0 Å². The number of nitrogens with one attached hydrogen (secondary N) is 2. The average Bonchev–Trinajstić information content (AvgIpc) is 2.93. The fraction of sp³-hybridized carbons (Fsp3) is 0.474. The van der Waals surface area contributed by atoms with Crippen molar-refractivity contribution in [2.75, 3.05) is 11.9 Å². The summed E-state index contributed by atoms with van der Waals surface area (Å²) in [5, 5.41) is 6.44. The topological polar surface area (TPSA) is 89.2 Å². The van der Waals surface area contributed by atoms with E-state index in [0.29, 0.717) is 11.6 Å². The number of fused-ring (bicyclic) bond motifs is 1. The summed E-state index contributed by atoms with van der Waals surface area (Å²) in [6, 6.07) is 7.24. The molecule has 4 N–H and O–H groups in total. The number of nitrogens with zero attached hydrogens (tertiary/aromatic N) is 1. The molecule has 2 aromatic rings. The molecule has 1 aromatic heterocycles. The Bertz CT molecular complexity index is 749. The predicted molar refractivity (Wildman–Crippen MR) is 101 cm³/mol.